The molecule has 1 aromatic carbocycles. The molecule has 0 spiro atoms. The van der Waals surface area contributed by atoms with Gasteiger partial charge in [-0.2, -0.15) is 0 Å². The summed E-state index contributed by atoms with van der Waals surface area (Å²) in [5, 5.41) is 0. The zero-order valence-electron chi connectivity index (χ0n) is 13.0. The molecule has 0 N–H and O–H groups in total. The Morgan fingerprint density at radius 3 is 2.55 bits per heavy atom. The molecule has 0 atom stereocenters. The molecule has 0 radical (unpaired) electrons. The van der Waals surface area contributed by atoms with Gasteiger partial charge in [0.05, 0.1) is 5.52 Å². The molecule has 1 fully saturated rings. The molecule has 0 saturated heterocycles. The van der Waals surface area contributed by atoms with Crippen LogP contribution in [0.1, 0.15) is 43.7 Å². The van der Waals surface area contributed by atoms with Crippen LogP contribution < -0.4 is 0 Å². The molecule has 3 heteroatoms. The van der Waals surface area contributed by atoms with Crippen LogP contribution in [0, 0.1) is 6.92 Å². The molecule has 2 aromatic heterocycles. The molecule has 1 aliphatic carbocycles. The van der Waals surface area contributed by atoms with Crippen LogP contribution in [0.3, 0.4) is 0 Å². The van der Waals surface area contributed by atoms with E-state index >= 15 is 0 Å². The van der Waals surface area contributed by atoms with Gasteiger partial charge in [0.1, 0.15) is 5.82 Å². The zero-order valence-corrected chi connectivity index (χ0v) is 13.0. The number of imidazole rings is 1. The summed E-state index contributed by atoms with van der Waals surface area (Å²) in [5.41, 5.74) is 4.50. The second-order valence-electron chi connectivity index (χ2n) is 6.31. The number of rotatable bonds is 2. The van der Waals surface area contributed by atoms with E-state index in [0.717, 1.165) is 11.5 Å². The number of pyridine rings is 1. The monoisotopic (exact) mass is 291 g/mol. The zero-order chi connectivity index (χ0) is 14.9. The highest BCUT2D eigenvalue weighted by Gasteiger charge is 2.22. The second kappa shape index (κ2) is 5.56. The van der Waals surface area contributed by atoms with E-state index in [-0.39, 0.29) is 0 Å². The molecule has 4 rings (SSSR count). The molecule has 0 aliphatic heterocycles. The number of aryl methyl sites for hydroxylation is 1. The van der Waals surface area contributed by atoms with Crippen LogP contribution in [-0.4, -0.2) is 14.5 Å². The van der Waals surface area contributed by atoms with Gasteiger partial charge in [-0.3, -0.25) is 0 Å². The van der Waals surface area contributed by atoms with Crippen molar-refractivity contribution in [2.45, 2.75) is 45.1 Å². The highest BCUT2D eigenvalue weighted by molar-refractivity contribution is 5.77. The summed E-state index contributed by atoms with van der Waals surface area (Å²) < 4.78 is 2.44. The van der Waals surface area contributed by atoms with Crippen LogP contribution in [-0.2, 0) is 0 Å². The van der Waals surface area contributed by atoms with Gasteiger partial charge in [0.25, 0.3) is 0 Å². The first-order chi connectivity index (χ1) is 10.8. The van der Waals surface area contributed by atoms with Gasteiger partial charge in [-0.25, -0.2) is 9.97 Å². The third-order valence-electron chi connectivity index (χ3n) is 4.72. The van der Waals surface area contributed by atoms with Gasteiger partial charge < -0.3 is 4.57 Å². The minimum absolute atomic E-state index is 0.555. The van der Waals surface area contributed by atoms with Crippen molar-refractivity contribution >= 4 is 11.2 Å². The van der Waals surface area contributed by atoms with Crippen molar-refractivity contribution in [3.63, 3.8) is 0 Å². The normalized spacial score (nSPS) is 16.2. The van der Waals surface area contributed by atoms with E-state index in [0.29, 0.717) is 6.04 Å². The Balaban J connectivity index is 1.90. The van der Waals surface area contributed by atoms with Crippen molar-refractivity contribution in [2.75, 3.05) is 0 Å². The first kappa shape index (κ1) is 13.5. The van der Waals surface area contributed by atoms with Crippen LogP contribution >= 0.6 is 0 Å². The van der Waals surface area contributed by atoms with Crippen LogP contribution in [0.2, 0.25) is 0 Å². The van der Waals surface area contributed by atoms with E-state index in [4.69, 9.17) is 4.98 Å². The minimum Gasteiger partial charge on any atom is -0.319 e. The molecule has 2 heterocycles. The lowest BCUT2D eigenvalue weighted by molar-refractivity contribution is 0.362. The summed E-state index contributed by atoms with van der Waals surface area (Å²) in [6.07, 6.45) is 8.33. The Kier molecular flexibility index (Phi) is 3.41. The van der Waals surface area contributed by atoms with E-state index in [1.807, 2.05) is 12.3 Å². The first-order valence-electron chi connectivity index (χ1n) is 8.23. The van der Waals surface area contributed by atoms with E-state index < -0.39 is 0 Å². The van der Waals surface area contributed by atoms with Gasteiger partial charge in [0, 0.05) is 17.8 Å². The summed E-state index contributed by atoms with van der Waals surface area (Å²) in [6, 6.07) is 13.4. The average molecular weight is 291 g/mol. The maximum absolute atomic E-state index is 4.84. The lowest BCUT2D eigenvalue weighted by atomic mass is 9.95. The number of fused-ring (bicyclic) bond motifs is 1. The molecule has 112 valence electrons. The number of aromatic nitrogens is 3. The fourth-order valence-corrected chi connectivity index (χ4v) is 3.55. The fourth-order valence-electron chi connectivity index (χ4n) is 3.55. The Hall–Kier alpha value is -2.16. The third kappa shape index (κ3) is 2.31. The van der Waals surface area contributed by atoms with Gasteiger partial charge in [-0.1, -0.05) is 49.1 Å². The smallest absolute Gasteiger partial charge is 0.178 e. The second-order valence-corrected chi connectivity index (χ2v) is 6.31. The van der Waals surface area contributed by atoms with Crippen molar-refractivity contribution in [2.24, 2.45) is 0 Å². The van der Waals surface area contributed by atoms with Gasteiger partial charge in [0.15, 0.2) is 5.65 Å². The van der Waals surface area contributed by atoms with Crippen molar-refractivity contribution < 1.29 is 0 Å². The van der Waals surface area contributed by atoms with Crippen molar-refractivity contribution in [1.29, 1.82) is 0 Å². The maximum Gasteiger partial charge on any atom is 0.178 e. The van der Waals surface area contributed by atoms with Gasteiger partial charge >= 0.3 is 0 Å². The first-order valence-corrected chi connectivity index (χ1v) is 8.23. The molecule has 3 nitrogen and oxygen atoms in total. The fraction of sp³-hybridized carbons (Fsp3) is 0.368. The van der Waals surface area contributed by atoms with Crippen LogP contribution in [0.4, 0.5) is 0 Å². The van der Waals surface area contributed by atoms with Crippen LogP contribution in [0.15, 0.2) is 42.6 Å². The maximum atomic E-state index is 4.84. The summed E-state index contributed by atoms with van der Waals surface area (Å²) in [4.78, 5) is 9.31. The topological polar surface area (TPSA) is 30.7 Å². The lowest BCUT2D eigenvalue weighted by Gasteiger charge is -2.25. The van der Waals surface area contributed by atoms with E-state index in [1.165, 1.54) is 48.7 Å². The number of benzene rings is 1. The van der Waals surface area contributed by atoms with Crippen LogP contribution in [0.25, 0.3) is 22.6 Å². The lowest BCUT2D eigenvalue weighted by Crippen LogP contribution is -2.13. The Bertz CT molecular complexity index is 780. The molecule has 1 saturated carbocycles. The number of hydrogen-bond acceptors (Lipinski definition) is 2. The minimum atomic E-state index is 0.555. The van der Waals surface area contributed by atoms with Crippen molar-refractivity contribution in [3.8, 4) is 11.4 Å². The average Bonchev–Trinajstić information content (AvgIpc) is 2.96. The Labute approximate surface area is 131 Å². The molecule has 1 aliphatic rings. The molecule has 0 amide bonds. The van der Waals surface area contributed by atoms with E-state index in [2.05, 4.69) is 46.8 Å². The summed E-state index contributed by atoms with van der Waals surface area (Å²) in [6.45, 7) is 2.12. The standard InChI is InChI=1S/C19H21N3/c1-14-9-11-15(12-10-14)19-21-18-17(8-5-13-20-18)22(19)16-6-3-2-4-7-16/h5,8-13,16H,2-4,6-7H2,1H3. The Morgan fingerprint density at radius 1 is 1.00 bits per heavy atom. The molecular weight excluding hydrogens is 270 g/mol. The van der Waals surface area contributed by atoms with E-state index in [9.17, 15) is 0 Å². The predicted molar refractivity (Wildman–Crippen MR) is 89.8 cm³/mol. The van der Waals surface area contributed by atoms with Gasteiger partial charge in [0.2, 0.25) is 0 Å². The summed E-state index contributed by atoms with van der Waals surface area (Å²) >= 11 is 0. The number of hydrogen-bond donors (Lipinski definition) is 0. The quantitative estimate of drug-likeness (QED) is 0.671. The largest absolute Gasteiger partial charge is 0.319 e. The molecular formula is C19H21N3. The molecule has 0 unspecified atom stereocenters. The van der Waals surface area contributed by atoms with Crippen molar-refractivity contribution in [3.05, 3.63) is 48.2 Å². The van der Waals surface area contributed by atoms with E-state index in [1.54, 1.807) is 0 Å². The molecule has 22 heavy (non-hydrogen) atoms. The highest BCUT2D eigenvalue weighted by atomic mass is 15.1. The highest BCUT2D eigenvalue weighted by Crippen LogP contribution is 2.35. The summed E-state index contributed by atoms with van der Waals surface area (Å²) in [5.74, 6) is 1.07. The molecule has 3 aromatic rings. The SMILES string of the molecule is Cc1ccc(-c2nc3ncccc3n2C2CCCCC2)cc1. The summed E-state index contributed by atoms with van der Waals surface area (Å²) in [7, 11) is 0. The molecule has 0 bridgehead atoms. The number of nitrogens with zero attached hydrogens (tertiary/aromatic N) is 3. The Morgan fingerprint density at radius 2 is 1.77 bits per heavy atom. The third-order valence-corrected chi connectivity index (χ3v) is 4.72. The van der Waals surface area contributed by atoms with Crippen molar-refractivity contribution in [1.82, 2.24) is 14.5 Å². The van der Waals surface area contributed by atoms with Gasteiger partial charge in [-0.05, 0) is 31.9 Å². The predicted octanol–water partition coefficient (Wildman–Crippen LogP) is 4.91. The van der Waals surface area contributed by atoms with Crippen LogP contribution in [0.5, 0.6) is 0 Å². The van der Waals surface area contributed by atoms with Gasteiger partial charge in [-0.15, -0.1) is 0 Å².